The highest BCUT2D eigenvalue weighted by Crippen LogP contribution is 2.29. The van der Waals surface area contributed by atoms with Gasteiger partial charge in [0.15, 0.2) is 0 Å². The number of carbonyl (C=O) groups is 2. The Bertz CT molecular complexity index is 787. The third kappa shape index (κ3) is 3.94. The monoisotopic (exact) mass is 345 g/mol. The van der Waals surface area contributed by atoms with E-state index in [1.165, 1.54) is 0 Å². The Morgan fingerprint density at radius 2 is 1.83 bits per heavy atom. The lowest BCUT2D eigenvalue weighted by molar-refractivity contribution is -0.115. The van der Waals surface area contributed by atoms with Crippen molar-refractivity contribution in [3.8, 4) is 5.75 Å². The molecule has 2 aromatic rings. The van der Waals surface area contributed by atoms with Gasteiger partial charge in [-0.15, -0.1) is 0 Å². The van der Waals surface area contributed by atoms with Gasteiger partial charge in [0.05, 0.1) is 4.91 Å². The van der Waals surface area contributed by atoms with Gasteiger partial charge in [-0.1, -0.05) is 41.9 Å². The van der Waals surface area contributed by atoms with E-state index in [9.17, 15) is 9.59 Å². The molecule has 2 aromatic carbocycles. The minimum Gasteiger partial charge on any atom is -0.488 e. The second kappa shape index (κ2) is 6.89. The van der Waals surface area contributed by atoms with Gasteiger partial charge in [-0.2, -0.15) is 0 Å². The van der Waals surface area contributed by atoms with Crippen LogP contribution in [-0.2, 0) is 11.4 Å². The van der Waals surface area contributed by atoms with Crippen molar-refractivity contribution in [1.29, 1.82) is 0 Å². The third-order valence-corrected chi connectivity index (χ3v) is 4.22. The summed E-state index contributed by atoms with van der Waals surface area (Å²) in [5, 5.41) is 2.55. The van der Waals surface area contributed by atoms with E-state index in [0.717, 1.165) is 22.9 Å². The maximum absolute atomic E-state index is 11.6. The summed E-state index contributed by atoms with van der Waals surface area (Å²) in [6.45, 7) is 0.385. The predicted molar refractivity (Wildman–Crippen MR) is 91.3 cm³/mol. The van der Waals surface area contributed by atoms with Crippen LogP contribution in [0.3, 0.4) is 0 Å². The Balaban J connectivity index is 1.78. The van der Waals surface area contributed by atoms with Crippen molar-refractivity contribution in [1.82, 2.24) is 5.32 Å². The van der Waals surface area contributed by atoms with Crippen LogP contribution in [0.1, 0.15) is 11.1 Å². The van der Waals surface area contributed by atoms with E-state index >= 15 is 0 Å². The number of amides is 2. The fourth-order valence-electron chi connectivity index (χ4n) is 2.04. The summed E-state index contributed by atoms with van der Waals surface area (Å²) in [5.41, 5.74) is 1.73. The first kappa shape index (κ1) is 15.6. The van der Waals surface area contributed by atoms with Gasteiger partial charge >= 0.3 is 0 Å². The number of ether oxygens (including phenoxy) is 1. The van der Waals surface area contributed by atoms with Crippen LogP contribution >= 0.6 is 23.4 Å². The zero-order valence-corrected chi connectivity index (χ0v) is 13.5. The number of nitrogens with one attached hydrogen (secondary N) is 1. The molecule has 1 N–H and O–H groups in total. The van der Waals surface area contributed by atoms with E-state index in [1.54, 1.807) is 18.2 Å². The summed E-state index contributed by atoms with van der Waals surface area (Å²) >= 11 is 6.74. The number of hydrogen-bond acceptors (Lipinski definition) is 4. The molecular weight excluding hydrogens is 334 g/mol. The lowest BCUT2D eigenvalue weighted by Crippen LogP contribution is -2.17. The number of halogens is 1. The zero-order valence-electron chi connectivity index (χ0n) is 11.9. The topological polar surface area (TPSA) is 55.4 Å². The van der Waals surface area contributed by atoms with Crippen molar-refractivity contribution >= 4 is 40.6 Å². The molecule has 1 fully saturated rings. The molecule has 4 nitrogen and oxygen atoms in total. The fourth-order valence-corrected chi connectivity index (χ4v) is 2.83. The molecule has 2 amide bonds. The molecule has 6 heteroatoms. The normalized spacial score (nSPS) is 15.8. The maximum Gasteiger partial charge on any atom is 0.290 e. The van der Waals surface area contributed by atoms with Gasteiger partial charge < -0.3 is 4.74 Å². The van der Waals surface area contributed by atoms with E-state index in [2.05, 4.69) is 5.32 Å². The van der Waals surface area contributed by atoms with Crippen molar-refractivity contribution in [2.45, 2.75) is 6.61 Å². The van der Waals surface area contributed by atoms with Crippen LogP contribution in [0.25, 0.3) is 6.08 Å². The summed E-state index contributed by atoms with van der Waals surface area (Å²) in [5.74, 6) is 0.259. The number of benzene rings is 2. The molecular formula is C17H12ClNO3S. The van der Waals surface area contributed by atoms with Crippen molar-refractivity contribution in [2.75, 3.05) is 0 Å². The maximum atomic E-state index is 11.6. The molecule has 0 atom stereocenters. The zero-order chi connectivity index (χ0) is 16.2. The molecule has 0 bridgehead atoms. The molecule has 1 heterocycles. The van der Waals surface area contributed by atoms with Crippen molar-refractivity contribution in [3.63, 3.8) is 0 Å². The largest absolute Gasteiger partial charge is 0.488 e. The summed E-state index contributed by atoms with van der Waals surface area (Å²) < 4.78 is 5.82. The van der Waals surface area contributed by atoms with Crippen LogP contribution in [0, 0.1) is 0 Å². The van der Waals surface area contributed by atoms with Gasteiger partial charge in [-0.3, -0.25) is 14.9 Å². The number of carbonyl (C=O) groups excluding carboxylic acids is 2. The summed E-state index contributed by atoms with van der Waals surface area (Å²) in [7, 11) is 0. The SMILES string of the molecule is O=C1NC(=O)/C(=C\c2ccccc2OCc2ccc(Cl)cc2)S1. The van der Waals surface area contributed by atoms with Crippen LogP contribution in [0.2, 0.25) is 5.02 Å². The van der Waals surface area contributed by atoms with Crippen LogP contribution in [0.15, 0.2) is 53.4 Å². The Morgan fingerprint density at radius 3 is 2.52 bits per heavy atom. The molecule has 0 spiro atoms. The standard InChI is InChI=1S/C17H12ClNO3S/c18-13-7-5-11(6-8-13)10-22-14-4-2-1-3-12(14)9-15-16(20)19-17(21)23-15/h1-9H,10H2,(H,19,20,21)/b15-9+. The highest BCUT2D eigenvalue weighted by Gasteiger charge is 2.25. The number of imide groups is 1. The highest BCUT2D eigenvalue weighted by atomic mass is 35.5. The second-order valence-electron chi connectivity index (χ2n) is 4.81. The number of para-hydroxylation sites is 1. The minimum absolute atomic E-state index is 0.359. The Hall–Kier alpha value is -2.24. The third-order valence-electron chi connectivity index (χ3n) is 3.16. The predicted octanol–water partition coefficient (Wildman–Crippen LogP) is 4.24. The first-order valence-corrected chi connectivity index (χ1v) is 8.02. The van der Waals surface area contributed by atoms with Crippen LogP contribution in [-0.4, -0.2) is 11.1 Å². The van der Waals surface area contributed by atoms with Gasteiger partial charge in [0.1, 0.15) is 12.4 Å². The minimum atomic E-state index is -0.382. The molecule has 0 unspecified atom stereocenters. The first-order valence-electron chi connectivity index (χ1n) is 6.83. The van der Waals surface area contributed by atoms with Crippen molar-refractivity contribution in [2.24, 2.45) is 0 Å². The summed E-state index contributed by atoms with van der Waals surface area (Å²) in [6, 6.07) is 14.7. The van der Waals surface area contributed by atoms with Gasteiger partial charge in [0, 0.05) is 10.6 Å². The number of thioether (sulfide) groups is 1. The average molecular weight is 346 g/mol. The molecule has 1 aliphatic rings. The summed E-state index contributed by atoms with van der Waals surface area (Å²) in [4.78, 5) is 23.2. The molecule has 1 saturated heterocycles. The van der Waals surface area contributed by atoms with Crippen LogP contribution < -0.4 is 10.1 Å². The molecule has 3 rings (SSSR count). The van der Waals surface area contributed by atoms with Crippen molar-refractivity contribution < 1.29 is 14.3 Å². The van der Waals surface area contributed by atoms with Crippen molar-refractivity contribution in [3.05, 3.63) is 69.6 Å². The lowest BCUT2D eigenvalue weighted by Gasteiger charge is -2.09. The second-order valence-corrected chi connectivity index (χ2v) is 6.26. The Morgan fingerprint density at radius 1 is 1.09 bits per heavy atom. The molecule has 0 aromatic heterocycles. The molecule has 23 heavy (non-hydrogen) atoms. The Labute approximate surface area is 142 Å². The van der Waals surface area contributed by atoms with E-state index in [4.69, 9.17) is 16.3 Å². The van der Waals surface area contributed by atoms with E-state index in [1.807, 2.05) is 36.4 Å². The molecule has 0 aliphatic carbocycles. The first-order chi connectivity index (χ1) is 11.1. The van der Waals surface area contributed by atoms with E-state index in [-0.39, 0.29) is 11.1 Å². The van der Waals surface area contributed by atoms with E-state index in [0.29, 0.717) is 22.3 Å². The quantitative estimate of drug-likeness (QED) is 0.842. The number of rotatable bonds is 4. The molecule has 0 radical (unpaired) electrons. The smallest absolute Gasteiger partial charge is 0.290 e. The Kier molecular flexibility index (Phi) is 4.69. The van der Waals surface area contributed by atoms with Crippen LogP contribution in [0.4, 0.5) is 4.79 Å². The molecule has 116 valence electrons. The lowest BCUT2D eigenvalue weighted by atomic mass is 10.2. The summed E-state index contributed by atoms with van der Waals surface area (Å²) in [6.07, 6.45) is 1.65. The van der Waals surface area contributed by atoms with Gasteiger partial charge in [0.2, 0.25) is 0 Å². The van der Waals surface area contributed by atoms with Gasteiger partial charge in [0.25, 0.3) is 11.1 Å². The highest BCUT2D eigenvalue weighted by molar-refractivity contribution is 8.18. The molecule has 0 saturated carbocycles. The van der Waals surface area contributed by atoms with E-state index < -0.39 is 0 Å². The number of hydrogen-bond donors (Lipinski definition) is 1. The van der Waals surface area contributed by atoms with Gasteiger partial charge in [-0.05, 0) is 41.6 Å². The van der Waals surface area contributed by atoms with Crippen LogP contribution in [0.5, 0.6) is 5.75 Å². The molecule has 1 aliphatic heterocycles. The average Bonchev–Trinajstić information content (AvgIpc) is 2.86. The fraction of sp³-hybridized carbons (Fsp3) is 0.0588. The van der Waals surface area contributed by atoms with Gasteiger partial charge in [-0.25, -0.2) is 0 Å².